The minimum absolute atomic E-state index is 0.0541. The molecule has 0 saturated heterocycles. The van der Waals surface area contributed by atoms with Crippen LogP contribution in [0.25, 0.3) is 5.13 Å². The molecule has 0 aromatic carbocycles. The fraction of sp³-hybridized carbons (Fsp3) is 0.429. The van der Waals surface area contributed by atoms with Crippen molar-refractivity contribution in [1.82, 2.24) is 14.9 Å². The number of hydrogen-bond donors (Lipinski definition) is 2. The number of aromatic nitrogens is 2. The highest BCUT2D eigenvalue weighted by molar-refractivity contribution is 7.12. The Morgan fingerprint density at radius 3 is 2.90 bits per heavy atom. The molecule has 0 aliphatic rings. The van der Waals surface area contributed by atoms with E-state index in [9.17, 15) is 4.79 Å². The number of rotatable bonds is 5. The molecule has 0 fully saturated rings. The maximum absolute atomic E-state index is 12.2. The van der Waals surface area contributed by atoms with Gasteiger partial charge in [0.15, 0.2) is 5.13 Å². The van der Waals surface area contributed by atoms with Crippen molar-refractivity contribution in [2.24, 2.45) is 5.73 Å². The normalized spacial score (nSPS) is 12.4. The minimum Gasteiger partial charge on any atom is -0.352 e. The Labute approximate surface area is 122 Å². The number of nitrogens with one attached hydrogen (secondary N) is 1. The van der Waals surface area contributed by atoms with E-state index in [1.54, 1.807) is 17.5 Å². The highest BCUT2D eigenvalue weighted by Gasteiger charge is 2.17. The summed E-state index contributed by atoms with van der Waals surface area (Å²) >= 11 is 1.55. The van der Waals surface area contributed by atoms with E-state index in [1.165, 1.54) is 0 Å². The number of aryl methyl sites for hydroxylation is 1. The largest absolute Gasteiger partial charge is 0.352 e. The number of amides is 1. The lowest BCUT2D eigenvalue weighted by Gasteiger charge is -2.08. The SMILES string of the molecule is Cc1cc(C(=O)NCCC(C)N)c(C)n1-c1nccs1. The zero-order valence-corrected chi connectivity index (χ0v) is 12.8. The van der Waals surface area contributed by atoms with Crippen LogP contribution in [0.1, 0.15) is 35.1 Å². The molecule has 2 heterocycles. The van der Waals surface area contributed by atoms with Gasteiger partial charge >= 0.3 is 0 Å². The maximum Gasteiger partial charge on any atom is 0.253 e. The number of nitrogens with two attached hydrogens (primary N) is 1. The third kappa shape index (κ3) is 3.08. The molecule has 2 rings (SSSR count). The Morgan fingerprint density at radius 2 is 2.30 bits per heavy atom. The summed E-state index contributed by atoms with van der Waals surface area (Å²) in [6.45, 7) is 6.44. The Balaban J connectivity index is 2.17. The van der Waals surface area contributed by atoms with Gasteiger partial charge in [-0.2, -0.15) is 0 Å². The zero-order valence-electron chi connectivity index (χ0n) is 12.0. The fourth-order valence-electron chi connectivity index (χ4n) is 2.12. The molecule has 0 radical (unpaired) electrons. The second-order valence-electron chi connectivity index (χ2n) is 4.96. The molecule has 2 aromatic heterocycles. The van der Waals surface area contributed by atoms with Crippen LogP contribution in [0.5, 0.6) is 0 Å². The number of hydrogen-bond acceptors (Lipinski definition) is 4. The van der Waals surface area contributed by atoms with Gasteiger partial charge < -0.3 is 11.1 Å². The molecule has 1 amide bonds. The van der Waals surface area contributed by atoms with Gasteiger partial charge in [0.2, 0.25) is 0 Å². The molecule has 108 valence electrons. The summed E-state index contributed by atoms with van der Waals surface area (Å²) in [7, 11) is 0. The van der Waals surface area contributed by atoms with Crippen LogP contribution in [-0.2, 0) is 0 Å². The van der Waals surface area contributed by atoms with Crippen LogP contribution >= 0.6 is 11.3 Å². The molecule has 2 aromatic rings. The number of carbonyl (C=O) groups is 1. The topological polar surface area (TPSA) is 72.9 Å². The van der Waals surface area contributed by atoms with Crippen molar-refractivity contribution in [1.29, 1.82) is 0 Å². The Kier molecular flexibility index (Phi) is 4.57. The molecule has 0 aliphatic heterocycles. The van der Waals surface area contributed by atoms with E-state index in [2.05, 4.69) is 10.3 Å². The van der Waals surface area contributed by atoms with E-state index in [4.69, 9.17) is 5.73 Å². The number of thiazole rings is 1. The Hall–Kier alpha value is -1.66. The van der Waals surface area contributed by atoms with Crippen LogP contribution in [0.15, 0.2) is 17.6 Å². The molecule has 3 N–H and O–H groups in total. The van der Waals surface area contributed by atoms with E-state index >= 15 is 0 Å². The second kappa shape index (κ2) is 6.19. The lowest BCUT2D eigenvalue weighted by Crippen LogP contribution is -2.29. The van der Waals surface area contributed by atoms with Crippen molar-refractivity contribution in [3.05, 3.63) is 34.6 Å². The molecule has 0 bridgehead atoms. The molecule has 1 unspecified atom stereocenters. The zero-order chi connectivity index (χ0) is 14.7. The summed E-state index contributed by atoms with van der Waals surface area (Å²) in [5, 5.41) is 5.72. The molecule has 5 nitrogen and oxygen atoms in total. The van der Waals surface area contributed by atoms with Gasteiger partial charge in [0.1, 0.15) is 0 Å². The molecule has 20 heavy (non-hydrogen) atoms. The summed E-state index contributed by atoms with van der Waals surface area (Å²) in [4.78, 5) is 16.5. The van der Waals surface area contributed by atoms with Crippen LogP contribution in [-0.4, -0.2) is 28.0 Å². The van der Waals surface area contributed by atoms with Gasteiger partial charge in [0.25, 0.3) is 5.91 Å². The predicted octanol–water partition coefficient (Wildman–Crippen LogP) is 2.02. The van der Waals surface area contributed by atoms with Gasteiger partial charge in [-0.25, -0.2) is 4.98 Å². The van der Waals surface area contributed by atoms with Crippen molar-refractivity contribution in [3.8, 4) is 5.13 Å². The first-order chi connectivity index (χ1) is 9.50. The highest BCUT2D eigenvalue weighted by Crippen LogP contribution is 2.22. The summed E-state index contributed by atoms with van der Waals surface area (Å²) in [5.74, 6) is -0.0541. The van der Waals surface area contributed by atoms with Gasteiger partial charge in [-0.15, -0.1) is 11.3 Å². The quantitative estimate of drug-likeness (QED) is 0.885. The van der Waals surface area contributed by atoms with Crippen molar-refractivity contribution >= 4 is 17.2 Å². The van der Waals surface area contributed by atoms with Crippen molar-refractivity contribution < 1.29 is 4.79 Å². The molecule has 0 aliphatic carbocycles. The third-order valence-electron chi connectivity index (χ3n) is 3.17. The van der Waals surface area contributed by atoms with E-state index in [0.717, 1.165) is 22.9 Å². The first kappa shape index (κ1) is 14.7. The first-order valence-electron chi connectivity index (χ1n) is 6.63. The average Bonchev–Trinajstić information content (AvgIpc) is 2.97. The monoisotopic (exact) mass is 292 g/mol. The number of nitrogens with zero attached hydrogens (tertiary/aromatic N) is 2. The van der Waals surface area contributed by atoms with Gasteiger partial charge in [0.05, 0.1) is 5.56 Å². The van der Waals surface area contributed by atoms with Crippen LogP contribution in [0, 0.1) is 13.8 Å². The van der Waals surface area contributed by atoms with E-state index in [0.29, 0.717) is 12.1 Å². The van der Waals surface area contributed by atoms with Crippen LogP contribution in [0.3, 0.4) is 0 Å². The summed E-state index contributed by atoms with van der Waals surface area (Å²) < 4.78 is 2.01. The van der Waals surface area contributed by atoms with E-state index in [-0.39, 0.29) is 11.9 Å². The summed E-state index contributed by atoms with van der Waals surface area (Å²) in [6.07, 6.45) is 2.54. The van der Waals surface area contributed by atoms with Gasteiger partial charge in [-0.1, -0.05) is 0 Å². The van der Waals surface area contributed by atoms with E-state index < -0.39 is 0 Å². The third-order valence-corrected chi connectivity index (χ3v) is 3.93. The number of carbonyl (C=O) groups excluding carboxylic acids is 1. The van der Waals surface area contributed by atoms with Gasteiger partial charge in [0, 0.05) is 35.6 Å². The second-order valence-corrected chi connectivity index (χ2v) is 5.83. The van der Waals surface area contributed by atoms with E-state index in [1.807, 2.05) is 36.8 Å². The molecule has 6 heteroatoms. The summed E-state index contributed by atoms with van der Waals surface area (Å²) in [6, 6.07) is 2.00. The van der Waals surface area contributed by atoms with Crippen molar-refractivity contribution in [2.45, 2.75) is 33.2 Å². The first-order valence-corrected chi connectivity index (χ1v) is 7.51. The fourth-order valence-corrected chi connectivity index (χ4v) is 2.87. The van der Waals surface area contributed by atoms with Gasteiger partial charge in [-0.05, 0) is 33.3 Å². The predicted molar refractivity (Wildman–Crippen MR) is 81.5 cm³/mol. The lowest BCUT2D eigenvalue weighted by atomic mass is 10.2. The Morgan fingerprint density at radius 1 is 1.55 bits per heavy atom. The van der Waals surface area contributed by atoms with Crippen molar-refractivity contribution in [2.75, 3.05) is 6.54 Å². The molecular formula is C14H20N4OS. The smallest absolute Gasteiger partial charge is 0.253 e. The highest BCUT2D eigenvalue weighted by atomic mass is 32.1. The van der Waals surface area contributed by atoms with Crippen LogP contribution in [0.2, 0.25) is 0 Å². The summed E-state index contributed by atoms with van der Waals surface area (Å²) in [5.41, 5.74) is 8.30. The lowest BCUT2D eigenvalue weighted by molar-refractivity contribution is 0.0952. The Bertz CT molecular complexity index is 587. The molecule has 0 spiro atoms. The molecular weight excluding hydrogens is 272 g/mol. The van der Waals surface area contributed by atoms with Crippen LogP contribution in [0.4, 0.5) is 0 Å². The van der Waals surface area contributed by atoms with Gasteiger partial charge in [-0.3, -0.25) is 9.36 Å². The maximum atomic E-state index is 12.2. The molecule has 0 saturated carbocycles. The minimum atomic E-state index is -0.0541. The standard InChI is InChI=1S/C14H20N4OS/c1-9(15)4-5-16-13(19)12-8-10(2)18(11(12)3)14-17-6-7-20-14/h6-9H,4-5,15H2,1-3H3,(H,16,19). The average molecular weight is 292 g/mol. The molecule has 1 atom stereocenters. The van der Waals surface area contributed by atoms with Crippen LogP contribution < -0.4 is 11.1 Å². The van der Waals surface area contributed by atoms with Crippen molar-refractivity contribution in [3.63, 3.8) is 0 Å².